The highest BCUT2D eigenvalue weighted by Crippen LogP contribution is 2.19. The molecule has 0 aliphatic rings. The Kier molecular flexibility index (Phi) is 4.64. The molecule has 24 heavy (non-hydrogen) atoms. The molecule has 7 heteroatoms. The Hall–Kier alpha value is -2.25. The molecule has 2 aromatic heterocycles. The van der Waals surface area contributed by atoms with Crippen LogP contribution in [0.3, 0.4) is 0 Å². The molecule has 0 bridgehead atoms. The van der Waals surface area contributed by atoms with E-state index in [4.69, 9.17) is 12.2 Å². The second-order valence-electron chi connectivity index (χ2n) is 5.72. The Balaban J connectivity index is 1.70. The maximum absolute atomic E-state index is 5.30. The number of nitrogens with zero attached hydrogens (tertiary/aromatic N) is 3. The van der Waals surface area contributed by atoms with Crippen molar-refractivity contribution in [2.75, 3.05) is 5.32 Å². The van der Waals surface area contributed by atoms with Crippen LogP contribution in [-0.2, 0) is 0 Å². The molecule has 3 rings (SSSR count). The first-order valence-corrected chi connectivity index (χ1v) is 8.85. The number of hydrogen-bond acceptors (Lipinski definition) is 4. The van der Waals surface area contributed by atoms with Crippen molar-refractivity contribution in [3.8, 4) is 0 Å². The monoisotopic (exact) mass is 357 g/mol. The predicted molar refractivity (Wildman–Crippen MR) is 105 cm³/mol. The van der Waals surface area contributed by atoms with E-state index in [1.165, 1.54) is 5.56 Å². The first-order chi connectivity index (χ1) is 11.5. The number of hydrogen-bond donors (Lipinski definition) is 2. The molecule has 2 N–H and O–H groups in total. The zero-order valence-corrected chi connectivity index (χ0v) is 15.7. The molecule has 1 aromatic carbocycles. The molecule has 124 valence electrons. The summed E-state index contributed by atoms with van der Waals surface area (Å²) in [6, 6.07) is 6.18. The molecule has 5 nitrogen and oxygen atoms in total. The second-order valence-corrected chi connectivity index (χ2v) is 6.96. The van der Waals surface area contributed by atoms with Gasteiger partial charge in [0.15, 0.2) is 10.1 Å². The normalized spacial score (nSPS) is 11.3. The number of benzene rings is 1. The van der Waals surface area contributed by atoms with Gasteiger partial charge in [-0.1, -0.05) is 17.7 Å². The summed E-state index contributed by atoms with van der Waals surface area (Å²) in [5.74, 6) is 0. The summed E-state index contributed by atoms with van der Waals surface area (Å²) in [5, 5.41) is 9.96. The smallest absolute Gasteiger partial charge is 0.194 e. The van der Waals surface area contributed by atoms with Gasteiger partial charge in [0, 0.05) is 16.8 Å². The maximum atomic E-state index is 5.30. The van der Waals surface area contributed by atoms with Crippen LogP contribution < -0.4 is 10.7 Å². The van der Waals surface area contributed by atoms with Gasteiger partial charge in [-0.3, -0.25) is 9.83 Å². The van der Waals surface area contributed by atoms with Crippen molar-refractivity contribution in [2.45, 2.75) is 27.7 Å². The minimum atomic E-state index is 0.457. The lowest BCUT2D eigenvalue weighted by atomic mass is 10.1. The minimum Gasteiger partial charge on any atom is -0.331 e. The Morgan fingerprint density at radius 2 is 2.08 bits per heavy atom. The molecule has 0 atom stereocenters. The number of rotatable bonds is 3. The summed E-state index contributed by atoms with van der Waals surface area (Å²) in [5.41, 5.74) is 9.27. The molecule has 0 saturated carbocycles. The number of nitrogens with one attached hydrogen (secondary N) is 2. The van der Waals surface area contributed by atoms with E-state index in [0.29, 0.717) is 5.11 Å². The molecule has 0 aliphatic heterocycles. The van der Waals surface area contributed by atoms with Crippen molar-refractivity contribution in [1.82, 2.24) is 14.8 Å². The Morgan fingerprint density at radius 1 is 1.29 bits per heavy atom. The fourth-order valence-electron chi connectivity index (χ4n) is 2.53. The molecule has 0 unspecified atom stereocenters. The molecule has 0 aliphatic carbocycles. The number of aryl methyl sites for hydroxylation is 4. The van der Waals surface area contributed by atoms with Crippen LogP contribution >= 0.6 is 23.6 Å². The molecule has 0 radical (unpaired) electrons. The molecule has 0 saturated heterocycles. The average Bonchev–Trinajstić information content (AvgIpc) is 3.02. The highest BCUT2D eigenvalue weighted by Gasteiger charge is 2.10. The van der Waals surface area contributed by atoms with Gasteiger partial charge in [0.05, 0.1) is 17.6 Å². The van der Waals surface area contributed by atoms with Gasteiger partial charge in [0.1, 0.15) is 0 Å². The molecular weight excluding hydrogens is 338 g/mol. The van der Waals surface area contributed by atoms with E-state index in [1.54, 1.807) is 17.6 Å². The average molecular weight is 358 g/mol. The maximum Gasteiger partial charge on any atom is 0.194 e. The zero-order chi connectivity index (χ0) is 17.3. The van der Waals surface area contributed by atoms with Crippen molar-refractivity contribution in [2.24, 2.45) is 5.10 Å². The van der Waals surface area contributed by atoms with Crippen LogP contribution in [0.2, 0.25) is 0 Å². The number of thiazole rings is 1. The molecule has 0 fully saturated rings. The van der Waals surface area contributed by atoms with E-state index >= 15 is 0 Å². The molecule has 0 spiro atoms. The topological polar surface area (TPSA) is 53.7 Å². The fraction of sp³-hybridized carbons (Fsp3) is 0.235. The standard InChI is InChI=1S/C17H19N5S2/c1-10-5-6-14(11(2)7-10)20-16(23)21-18-8-15-13(4)19-17-22(15)12(3)9-24-17/h5-9H,1-4H3,(H2,20,21,23)/b18-8+. The van der Waals surface area contributed by atoms with Crippen molar-refractivity contribution < 1.29 is 0 Å². The van der Waals surface area contributed by atoms with Gasteiger partial charge < -0.3 is 5.32 Å². The largest absolute Gasteiger partial charge is 0.331 e. The van der Waals surface area contributed by atoms with Crippen molar-refractivity contribution in [3.63, 3.8) is 0 Å². The SMILES string of the molecule is Cc1ccc(NC(=S)N/N=C/c2c(C)nc3scc(C)n23)c(C)c1. The lowest BCUT2D eigenvalue weighted by Crippen LogP contribution is -2.24. The van der Waals surface area contributed by atoms with Gasteiger partial charge >= 0.3 is 0 Å². The van der Waals surface area contributed by atoms with E-state index in [-0.39, 0.29) is 0 Å². The van der Waals surface area contributed by atoms with Gasteiger partial charge in [-0.15, -0.1) is 11.3 Å². The van der Waals surface area contributed by atoms with E-state index in [1.807, 2.05) is 26.0 Å². The van der Waals surface area contributed by atoms with Gasteiger partial charge in [0.2, 0.25) is 0 Å². The first-order valence-electron chi connectivity index (χ1n) is 7.56. The number of anilines is 1. The molecule has 0 amide bonds. The summed E-state index contributed by atoms with van der Waals surface area (Å²) in [4.78, 5) is 5.51. The van der Waals surface area contributed by atoms with Gasteiger partial charge in [-0.05, 0) is 51.5 Å². The highest BCUT2D eigenvalue weighted by molar-refractivity contribution is 7.80. The first kappa shape index (κ1) is 16.6. The van der Waals surface area contributed by atoms with Crippen LogP contribution in [0.4, 0.5) is 5.69 Å². The highest BCUT2D eigenvalue weighted by atomic mass is 32.1. The van der Waals surface area contributed by atoms with E-state index in [9.17, 15) is 0 Å². The molecule has 3 aromatic rings. The van der Waals surface area contributed by atoms with Gasteiger partial charge in [0.25, 0.3) is 0 Å². The second kappa shape index (κ2) is 6.70. The number of fused-ring (bicyclic) bond motifs is 1. The number of hydrazone groups is 1. The van der Waals surface area contributed by atoms with Crippen molar-refractivity contribution in [1.29, 1.82) is 0 Å². The zero-order valence-electron chi connectivity index (χ0n) is 14.0. The third-order valence-corrected chi connectivity index (χ3v) is 4.87. The number of thiocarbonyl (C=S) groups is 1. The van der Waals surface area contributed by atoms with Crippen LogP contribution in [0, 0.1) is 27.7 Å². The Morgan fingerprint density at radius 3 is 2.83 bits per heavy atom. The summed E-state index contributed by atoms with van der Waals surface area (Å²) < 4.78 is 2.09. The van der Waals surface area contributed by atoms with Crippen LogP contribution in [-0.4, -0.2) is 20.7 Å². The van der Waals surface area contributed by atoms with Crippen LogP contribution in [0.25, 0.3) is 4.96 Å². The van der Waals surface area contributed by atoms with Gasteiger partial charge in [-0.25, -0.2) is 4.98 Å². The van der Waals surface area contributed by atoms with Crippen molar-refractivity contribution >= 4 is 45.5 Å². The van der Waals surface area contributed by atoms with Gasteiger partial charge in [-0.2, -0.15) is 5.10 Å². The lowest BCUT2D eigenvalue weighted by molar-refractivity contribution is 1.04. The third-order valence-electron chi connectivity index (χ3n) is 3.74. The summed E-state index contributed by atoms with van der Waals surface area (Å²) >= 11 is 6.93. The number of imidazole rings is 1. The molecule has 2 heterocycles. The Labute approximate surface area is 150 Å². The number of aromatic nitrogens is 2. The van der Waals surface area contributed by atoms with Crippen LogP contribution in [0.5, 0.6) is 0 Å². The van der Waals surface area contributed by atoms with E-state index < -0.39 is 0 Å². The summed E-state index contributed by atoms with van der Waals surface area (Å²) in [7, 11) is 0. The van der Waals surface area contributed by atoms with Crippen LogP contribution in [0.15, 0.2) is 28.7 Å². The third kappa shape index (κ3) is 3.32. The fourth-order valence-corrected chi connectivity index (χ4v) is 3.61. The lowest BCUT2D eigenvalue weighted by Gasteiger charge is -2.10. The molecular formula is C17H19N5S2. The van der Waals surface area contributed by atoms with Crippen LogP contribution in [0.1, 0.15) is 28.2 Å². The predicted octanol–water partition coefficient (Wildman–Crippen LogP) is 3.95. The summed E-state index contributed by atoms with van der Waals surface area (Å²) in [6.07, 6.45) is 1.75. The van der Waals surface area contributed by atoms with E-state index in [0.717, 1.165) is 33.3 Å². The summed E-state index contributed by atoms with van der Waals surface area (Å²) in [6.45, 7) is 8.15. The minimum absolute atomic E-state index is 0.457. The quantitative estimate of drug-likeness (QED) is 0.423. The van der Waals surface area contributed by atoms with E-state index in [2.05, 4.69) is 50.5 Å². The Bertz CT molecular complexity index is 936. The van der Waals surface area contributed by atoms with Crippen molar-refractivity contribution in [3.05, 3.63) is 51.8 Å².